The van der Waals surface area contributed by atoms with Crippen molar-refractivity contribution in [1.82, 2.24) is 9.88 Å². The second kappa shape index (κ2) is 5.45. The number of carbonyl (C=O) groups is 1. The third-order valence-electron chi connectivity index (χ3n) is 4.14. The number of aryl methyl sites for hydroxylation is 2. The van der Waals surface area contributed by atoms with Crippen molar-refractivity contribution in [2.45, 2.75) is 32.8 Å². The minimum Gasteiger partial charge on any atom is -0.393 e. The number of rotatable bonds is 1. The number of benzene rings is 1. The highest BCUT2D eigenvalue weighted by Crippen LogP contribution is 2.21. The van der Waals surface area contributed by atoms with Crippen molar-refractivity contribution < 1.29 is 9.90 Å². The molecule has 1 saturated heterocycles. The van der Waals surface area contributed by atoms with Crippen LogP contribution in [0.1, 0.15) is 34.5 Å². The van der Waals surface area contributed by atoms with Gasteiger partial charge < -0.3 is 10.0 Å². The van der Waals surface area contributed by atoms with Crippen LogP contribution in [0.5, 0.6) is 0 Å². The maximum atomic E-state index is 12.7. The van der Waals surface area contributed by atoms with Crippen LogP contribution in [-0.2, 0) is 0 Å². The molecule has 1 aliphatic rings. The van der Waals surface area contributed by atoms with Crippen molar-refractivity contribution >= 4 is 16.8 Å². The summed E-state index contributed by atoms with van der Waals surface area (Å²) in [6, 6.07) is 8.02. The fourth-order valence-electron chi connectivity index (χ4n) is 2.85. The van der Waals surface area contributed by atoms with E-state index in [1.165, 1.54) is 0 Å². The molecule has 0 spiro atoms. The molecule has 1 fully saturated rings. The molecule has 3 rings (SSSR count). The monoisotopic (exact) mass is 284 g/mol. The van der Waals surface area contributed by atoms with Crippen LogP contribution in [0, 0.1) is 13.8 Å². The van der Waals surface area contributed by atoms with Gasteiger partial charge in [-0.2, -0.15) is 0 Å². The Morgan fingerprint density at radius 1 is 1.24 bits per heavy atom. The zero-order valence-corrected chi connectivity index (χ0v) is 12.5. The van der Waals surface area contributed by atoms with Crippen LogP contribution in [0.15, 0.2) is 24.3 Å². The molecule has 4 nitrogen and oxygen atoms in total. The lowest BCUT2D eigenvalue weighted by Crippen LogP contribution is -2.40. The van der Waals surface area contributed by atoms with Gasteiger partial charge in [-0.1, -0.05) is 11.6 Å². The van der Waals surface area contributed by atoms with E-state index in [2.05, 4.69) is 11.1 Å². The van der Waals surface area contributed by atoms with Crippen molar-refractivity contribution in [3.05, 3.63) is 41.1 Å². The zero-order valence-electron chi connectivity index (χ0n) is 12.5. The summed E-state index contributed by atoms with van der Waals surface area (Å²) in [6.45, 7) is 5.15. The Bertz CT molecular complexity index is 688. The van der Waals surface area contributed by atoms with Crippen LogP contribution in [0.2, 0.25) is 0 Å². The number of hydrogen-bond donors (Lipinski definition) is 1. The van der Waals surface area contributed by atoms with Gasteiger partial charge in [-0.25, -0.2) is 0 Å². The maximum absolute atomic E-state index is 12.7. The van der Waals surface area contributed by atoms with Gasteiger partial charge in [0.25, 0.3) is 5.91 Å². The van der Waals surface area contributed by atoms with E-state index >= 15 is 0 Å². The van der Waals surface area contributed by atoms with E-state index in [-0.39, 0.29) is 12.0 Å². The zero-order chi connectivity index (χ0) is 15.0. The van der Waals surface area contributed by atoms with Gasteiger partial charge in [-0.3, -0.25) is 9.78 Å². The second-order valence-corrected chi connectivity index (χ2v) is 5.84. The van der Waals surface area contributed by atoms with Gasteiger partial charge >= 0.3 is 0 Å². The second-order valence-electron chi connectivity index (χ2n) is 5.84. The van der Waals surface area contributed by atoms with E-state index in [1.54, 1.807) is 0 Å². The first-order valence-corrected chi connectivity index (χ1v) is 7.40. The van der Waals surface area contributed by atoms with E-state index in [0.717, 1.165) is 22.2 Å². The summed E-state index contributed by atoms with van der Waals surface area (Å²) < 4.78 is 0. The summed E-state index contributed by atoms with van der Waals surface area (Å²) in [5.41, 5.74) is 3.52. The van der Waals surface area contributed by atoms with Crippen molar-refractivity contribution in [2.24, 2.45) is 0 Å². The van der Waals surface area contributed by atoms with Crippen molar-refractivity contribution in [2.75, 3.05) is 13.1 Å². The summed E-state index contributed by atoms with van der Waals surface area (Å²) in [5, 5.41) is 10.6. The third-order valence-corrected chi connectivity index (χ3v) is 4.14. The molecular weight excluding hydrogens is 264 g/mol. The Kier molecular flexibility index (Phi) is 3.64. The highest BCUT2D eigenvalue weighted by molar-refractivity contribution is 5.98. The molecule has 1 N–H and O–H groups in total. The predicted molar refractivity (Wildman–Crippen MR) is 82.4 cm³/mol. The summed E-state index contributed by atoms with van der Waals surface area (Å²) in [5.74, 6) is 0.0234. The highest BCUT2D eigenvalue weighted by atomic mass is 16.3. The Hall–Kier alpha value is -1.94. The fraction of sp³-hybridized carbons (Fsp3) is 0.412. The molecule has 0 aliphatic carbocycles. The molecule has 0 saturated carbocycles. The number of likely N-dealkylation sites (tertiary alicyclic amines) is 1. The number of nitrogens with zero attached hydrogens (tertiary/aromatic N) is 2. The molecule has 1 aliphatic heterocycles. The smallest absolute Gasteiger partial charge is 0.255 e. The van der Waals surface area contributed by atoms with E-state index in [0.29, 0.717) is 31.5 Å². The van der Waals surface area contributed by atoms with Gasteiger partial charge in [-0.05, 0) is 44.9 Å². The van der Waals surface area contributed by atoms with E-state index in [4.69, 9.17) is 0 Å². The van der Waals surface area contributed by atoms with Crippen LogP contribution in [0.25, 0.3) is 10.9 Å². The van der Waals surface area contributed by atoms with Gasteiger partial charge in [0.15, 0.2) is 0 Å². The lowest BCUT2D eigenvalue weighted by atomic mass is 10.0. The van der Waals surface area contributed by atoms with Gasteiger partial charge in [0.05, 0.1) is 22.9 Å². The van der Waals surface area contributed by atoms with E-state index < -0.39 is 0 Å². The number of amides is 1. The summed E-state index contributed by atoms with van der Waals surface area (Å²) in [7, 11) is 0. The topological polar surface area (TPSA) is 53.4 Å². The maximum Gasteiger partial charge on any atom is 0.255 e. The highest BCUT2D eigenvalue weighted by Gasteiger charge is 2.23. The van der Waals surface area contributed by atoms with E-state index in [1.807, 2.05) is 36.9 Å². The minimum atomic E-state index is -0.271. The molecule has 2 aromatic rings. The third kappa shape index (κ3) is 2.76. The van der Waals surface area contributed by atoms with Gasteiger partial charge in [0.2, 0.25) is 0 Å². The molecule has 4 heteroatoms. The van der Waals surface area contributed by atoms with Crippen molar-refractivity contribution in [1.29, 1.82) is 0 Å². The first kappa shape index (κ1) is 14.0. The van der Waals surface area contributed by atoms with Crippen LogP contribution >= 0.6 is 0 Å². The molecular formula is C17H20N2O2. The number of pyridine rings is 1. The van der Waals surface area contributed by atoms with Gasteiger partial charge in [0, 0.05) is 18.5 Å². The van der Waals surface area contributed by atoms with Crippen LogP contribution < -0.4 is 0 Å². The van der Waals surface area contributed by atoms with Crippen molar-refractivity contribution in [3.8, 4) is 0 Å². The van der Waals surface area contributed by atoms with Gasteiger partial charge in [-0.15, -0.1) is 0 Å². The Morgan fingerprint density at radius 2 is 1.95 bits per heavy atom. The summed E-state index contributed by atoms with van der Waals surface area (Å²) in [4.78, 5) is 19.0. The fourth-order valence-corrected chi connectivity index (χ4v) is 2.85. The average Bonchev–Trinajstić information content (AvgIpc) is 2.47. The quantitative estimate of drug-likeness (QED) is 0.875. The summed E-state index contributed by atoms with van der Waals surface area (Å²) >= 11 is 0. The lowest BCUT2D eigenvalue weighted by molar-refractivity contribution is 0.0545. The number of aliphatic hydroxyl groups is 1. The SMILES string of the molecule is Cc1ccc2nc(C)c(C(=O)N3CCC(O)CC3)cc2c1. The molecule has 1 amide bonds. The first-order chi connectivity index (χ1) is 10.0. The van der Waals surface area contributed by atoms with E-state index in [9.17, 15) is 9.90 Å². The Labute approximate surface area is 124 Å². The number of aromatic nitrogens is 1. The normalized spacial score (nSPS) is 16.4. The number of carbonyl (C=O) groups excluding carboxylic acids is 1. The van der Waals surface area contributed by atoms with Crippen LogP contribution in [0.3, 0.4) is 0 Å². The summed E-state index contributed by atoms with van der Waals surface area (Å²) in [6.07, 6.45) is 1.04. The number of aliphatic hydroxyl groups excluding tert-OH is 1. The Morgan fingerprint density at radius 3 is 2.67 bits per heavy atom. The minimum absolute atomic E-state index is 0.0234. The number of hydrogen-bond acceptors (Lipinski definition) is 3. The van der Waals surface area contributed by atoms with Crippen LogP contribution in [0.4, 0.5) is 0 Å². The average molecular weight is 284 g/mol. The molecule has 110 valence electrons. The van der Waals surface area contributed by atoms with Crippen molar-refractivity contribution in [3.63, 3.8) is 0 Å². The predicted octanol–water partition coefficient (Wildman–Crippen LogP) is 2.45. The Balaban J connectivity index is 1.95. The molecule has 1 aromatic carbocycles. The number of piperidine rings is 1. The largest absolute Gasteiger partial charge is 0.393 e. The first-order valence-electron chi connectivity index (χ1n) is 7.40. The molecule has 0 bridgehead atoms. The molecule has 0 unspecified atom stereocenters. The molecule has 21 heavy (non-hydrogen) atoms. The molecule has 0 radical (unpaired) electrons. The molecule has 0 atom stereocenters. The standard InChI is InChI=1S/C17H20N2O2/c1-11-3-4-16-13(9-11)10-15(12(2)18-16)17(21)19-7-5-14(20)6-8-19/h3-4,9-10,14,20H,5-8H2,1-2H3. The molecule has 1 aromatic heterocycles. The van der Waals surface area contributed by atoms with Crippen LogP contribution in [-0.4, -0.2) is 40.1 Å². The van der Waals surface area contributed by atoms with Gasteiger partial charge in [0.1, 0.15) is 0 Å². The number of fused-ring (bicyclic) bond motifs is 1. The molecule has 2 heterocycles. The lowest BCUT2D eigenvalue weighted by Gasteiger charge is -2.30.